The number of hydrogen-bond donors (Lipinski definition) is 2. The minimum absolute atomic E-state index is 0.0601. The van der Waals surface area contributed by atoms with Gasteiger partial charge in [-0.1, -0.05) is 0 Å². The zero-order valence-corrected chi connectivity index (χ0v) is 11.6. The molecular formula is C13H13F2NO4S. The van der Waals surface area contributed by atoms with E-state index in [-0.39, 0.29) is 13.0 Å². The van der Waals surface area contributed by atoms with E-state index in [0.717, 1.165) is 0 Å². The molecule has 0 saturated carbocycles. The van der Waals surface area contributed by atoms with Crippen molar-refractivity contribution < 1.29 is 26.7 Å². The predicted molar refractivity (Wildman–Crippen MR) is 69.8 cm³/mol. The molecule has 8 heteroatoms. The standard InChI is InChI=1S/C13H13F2NO4S/c14-9-6-10(15)8-11(7-9)21(18,19)16-4-3-12(17)13-2-1-5-20-13/h1-2,5-8,12,16-17H,3-4H2. The van der Waals surface area contributed by atoms with Gasteiger partial charge in [-0.3, -0.25) is 0 Å². The summed E-state index contributed by atoms with van der Waals surface area (Å²) in [7, 11) is -4.04. The van der Waals surface area contributed by atoms with Crippen LogP contribution in [0.15, 0.2) is 45.9 Å². The summed E-state index contributed by atoms with van der Waals surface area (Å²) in [6.45, 7) is -0.109. The van der Waals surface area contributed by atoms with E-state index in [1.807, 2.05) is 0 Å². The van der Waals surface area contributed by atoms with Crippen molar-refractivity contribution in [1.82, 2.24) is 4.72 Å². The van der Waals surface area contributed by atoms with E-state index in [2.05, 4.69) is 4.72 Å². The molecule has 2 rings (SSSR count). The average Bonchev–Trinajstić information content (AvgIpc) is 2.91. The van der Waals surface area contributed by atoms with Crippen LogP contribution < -0.4 is 4.72 Å². The van der Waals surface area contributed by atoms with Gasteiger partial charge in [0, 0.05) is 12.6 Å². The third-order valence-corrected chi connectivity index (χ3v) is 4.17. The third-order valence-electron chi connectivity index (χ3n) is 2.73. The van der Waals surface area contributed by atoms with Crippen LogP contribution in [-0.4, -0.2) is 20.1 Å². The van der Waals surface area contributed by atoms with Gasteiger partial charge in [0.05, 0.1) is 11.2 Å². The van der Waals surface area contributed by atoms with E-state index in [1.165, 1.54) is 6.26 Å². The van der Waals surface area contributed by atoms with Crippen LogP contribution in [0.25, 0.3) is 0 Å². The van der Waals surface area contributed by atoms with Gasteiger partial charge >= 0.3 is 0 Å². The SMILES string of the molecule is O=S(=O)(NCCC(O)c1ccco1)c1cc(F)cc(F)c1. The zero-order valence-electron chi connectivity index (χ0n) is 10.8. The van der Waals surface area contributed by atoms with E-state index < -0.39 is 32.7 Å². The van der Waals surface area contributed by atoms with Crippen molar-refractivity contribution in [2.24, 2.45) is 0 Å². The zero-order chi connectivity index (χ0) is 15.5. The second-order valence-electron chi connectivity index (χ2n) is 4.32. The average molecular weight is 317 g/mol. The summed E-state index contributed by atoms with van der Waals surface area (Å²) in [5.74, 6) is -1.65. The lowest BCUT2D eigenvalue weighted by atomic mass is 10.2. The van der Waals surface area contributed by atoms with Crippen molar-refractivity contribution in [3.8, 4) is 0 Å². The van der Waals surface area contributed by atoms with E-state index in [9.17, 15) is 22.3 Å². The molecule has 1 unspecified atom stereocenters. The van der Waals surface area contributed by atoms with Crippen LogP contribution in [0.2, 0.25) is 0 Å². The predicted octanol–water partition coefficient (Wildman–Crippen LogP) is 1.96. The summed E-state index contributed by atoms with van der Waals surface area (Å²) in [5.41, 5.74) is 0. The molecule has 0 amide bonds. The van der Waals surface area contributed by atoms with Gasteiger partial charge in [0.2, 0.25) is 10.0 Å². The molecule has 5 nitrogen and oxygen atoms in total. The van der Waals surface area contributed by atoms with E-state index in [0.29, 0.717) is 24.0 Å². The molecule has 2 aromatic rings. The molecule has 1 aromatic heterocycles. The lowest BCUT2D eigenvalue weighted by Crippen LogP contribution is -2.26. The Kier molecular flexibility index (Phi) is 4.71. The van der Waals surface area contributed by atoms with Gasteiger partial charge in [-0.05, 0) is 30.7 Å². The quantitative estimate of drug-likeness (QED) is 0.853. The van der Waals surface area contributed by atoms with Gasteiger partial charge in [0.15, 0.2) is 0 Å². The maximum atomic E-state index is 13.0. The largest absolute Gasteiger partial charge is 0.467 e. The van der Waals surface area contributed by atoms with Crippen LogP contribution >= 0.6 is 0 Å². The fourth-order valence-corrected chi connectivity index (χ4v) is 2.81. The summed E-state index contributed by atoms with van der Waals surface area (Å²) in [5, 5.41) is 9.72. The first kappa shape index (κ1) is 15.6. The van der Waals surface area contributed by atoms with Gasteiger partial charge in [-0.15, -0.1) is 0 Å². The summed E-state index contributed by atoms with van der Waals surface area (Å²) >= 11 is 0. The Bertz CT molecular complexity index is 681. The van der Waals surface area contributed by atoms with E-state index in [1.54, 1.807) is 12.1 Å². The number of sulfonamides is 1. The topological polar surface area (TPSA) is 79.5 Å². The van der Waals surface area contributed by atoms with Crippen molar-refractivity contribution in [3.05, 3.63) is 54.0 Å². The maximum absolute atomic E-state index is 13.0. The van der Waals surface area contributed by atoms with Crippen LogP contribution in [0.5, 0.6) is 0 Å². The fraction of sp³-hybridized carbons (Fsp3) is 0.231. The summed E-state index contributed by atoms with van der Waals surface area (Å²) in [6, 6.07) is 5.17. The Labute approximate surface area is 120 Å². The normalized spacial score (nSPS) is 13.3. The molecule has 0 saturated heterocycles. The van der Waals surface area contributed by atoms with Crippen molar-refractivity contribution in [2.45, 2.75) is 17.4 Å². The first-order valence-electron chi connectivity index (χ1n) is 6.06. The highest BCUT2D eigenvalue weighted by Gasteiger charge is 2.17. The molecule has 0 fully saturated rings. The Hall–Kier alpha value is -1.77. The van der Waals surface area contributed by atoms with Crippen molar-refractivity contribution in [2.75, 3.05) is 6.54 Å². The number of benzene rings is 1. The number of furan rings is 1. The highest BCUT2D eigenvalue weighted by Crippen LogP contribution is 2.17. The molecule has 2 N–H and O–H groups in total. The molecule has 1 aromatic carbocycles. The van der Waals surface area contributed by atoms with E-state index >= 15 is 0 Å². The Balaban J connectivity index is 1.98. The lowest BCUT2D eigenvalue weighted by Gasteiger charge is -2.10. The van der Waals surface area contributed by atoms with Crippen LogP contribution in [-0.2, 0) is 10.0 Å². The van der Waals surface area contributed by atoms with E-state index in [4.69, 9.17) is 4.42 Å². The number of aliphatic hydroxyl groups excluding tert-OH is 1. The first-order valence-corrected chi connectivity index (χ1v) is 7.54. The number of nitrogens with one attached hydrogen (secondary N) is 1. The Morgan fingerprint density at radius 3 is 2.48 bits per heavy atom. The Morgan fingerprint density at radius 1 is 1.24 bits per heavy atom. The maximum Gasteiger partial charge on any atom is 0.240 e. The minimum Gasteiger partial charge on any atom is -0.467 e. The number of rotatable bonds is 6. The monoisotopic (exact) mass is 317 g/mol. The van der Waals surface area contributed by atoms with Crippen molar-refractivity contribution in [3.63, 3.8) is 0 Å². The Morgan fingerprint density at radius 2 is 1.90 bits per heavy atom. The fourth-order valence-electron chi connectivity index (χ4n) is 1.72. The van der Waals surface area contributed by atoms with Gasteiger partial charge in [0.25, 0.3) is 0 Å². The number of hydrogen-bond acceptors (Lipinski definition) is 4. The number of aliphatic hydroxyl groups is 1. The molecule has 21 heavy (non-hydrogen) atoms. The molecule has 0 spiro atoms. The summed E-state index contributed by atoms with van der Waals surface area (Å²) in [4.78, 5) is -0.507. The first-order chi connectivity index (χ1) is 9.88. The highest BCUT2D eigenvalue weighted by molar-refractivity contribution is 7.89. The molecule has 1 heterocycles. The van der Waals surface area contributed by atoms with Crippen molar-refractivity contribution in [1.29, 1.82) is 0 Å². The number of halogens is 2. The highest BCUT2D eigenvalue weighted by atomic mass is 32.2. The van der Waals surface area contributed by atoms with Crippen LogP contribution in [0.1, 0.15) is 18.3 Å². The molecule has 114 valence electrons. The third kappa shape index (κ3) is 4.10. The van der Waals surface area contributed by atoms with Gasteiger partial charge in [0.1, 0.15) is 23.5 Å². The second kappa shape index (κ2) is 6.33. The van der Waals surface area contributed by atoms with Crippen LogP contribution in [0, 0.1) is 11.6 Å². The molecule has 0 aliphatic heterocycles. The summed E-state index contributed by atoms with van der Waals surface area (Å²) < 4.78 is 56.9. The van der Waals surface area contributed by atoms with Crippen LogP contribution in [0.4, 0.5) is 8.78 Å². The second-order valence-corrected chi connectivity index (χ2v) is 6.09. The molecule has 0 aliphatic rings. The molecule has 1 atom stereocenters. The summed E-state index contributed by atoms with van der Waals surface area (Å²) in [6.07, 6.45) is 0.481. The molecule has 0 radical (unpaired) electrons. The molecular weight excluding hydrogens is 304 g/mol. The van der Waals surface area contributed by atoms with Crippen molar-refractivity contribution >= 4 is 10.0 Å². The smallest absolute Gasteiger partial charge is 0.240 e. The lowest BCUT2D eigenvalue weighted by molar-refractivity contribution is 0.142. The van der Waals surface area contributed by atoms with Gasteiger partial charge < -0.3 is 9.52 Å². The molecule has 0 bridgehead atoms. The minimum atomic E-state index is -4.04. The van der Waals surface area contributed by atoms with Gasteiger partial charge in [-0.25, -0.2) is 21.9 Å². The van der Waals surface area contributed by atoms with Gasteiger partial charge in [-0.2, -0.15) is 0 Å². The van der Waals surface area contributed by atoms with Crippen LogP contribution in [0.3, 0.4) is 0 Å². The molecule has 0 aliphatic carbocycles.